The summed E-state index contributed by atoms with van der Waals surface area (Å²) in [4.78, 5) is 12.6. The maximum Gasteiger partial charge on any atom is 0.445 e. The molecular formula is C27H32F4O3. The smallest absolute Gasteiger partial charge is 0.426 e. The van der Waals surface area contributed by atoms with Gasteiger partial charge in [0.2, 0.25) is 0 Å². The van der Waals surface area contributed by atoms with Crippen LogP contribution in [0.4, 0.5) is 17.6 Å². The molecule has 0 saturated heterocycles. The summed E-state index contributed by atoms with van der Waals surface area (Å²) in [6.45, 7) is 3.76. The summed E-state index contributed by atoms with van der Waals surface area (Å²) in [7, 11) is 0. The van der Waals surface area contributed by atoms with Gasteiger partial charge in [-0.2, -0.15) is 13.2 Å². The Hall–Kier alpha value is -2.33. The second kappa shape index (κ2) is 11.4. The number of alkyl halides is 4. The van der Waals surface area contributed by atoms with Gasteiger partial charge in [-0.15, -0.1) is 13.0 Å². The van der Waals surface area contributed by atoms with E-state index in [9.17, 15) is 22.4 Å². The van der Waals surface area contributed by atoms with Crippen molar-refractivity contribution in [3.8, 4) is 18.1 Å². The van der Waals surface area contributed by atoms with E-state index in [1.54, 1.807) is 24.3 Å². The van der Waals surface area contributed by atoms with E-state index < -0.39 is 24.1 Å². The van der Waals surface area contributed by atoms with E-state index in [0.717, 1.165) is 44.1 Å². The molecule has 0 heterocycles. The Morgan fingerprint density at radius 1 is 1.15 bits per heavy atom. The summed E-state index contributed by atoms with van der Waals surface area (Å²) in [5.41, 5.74) is 0.152. The molecule has 3 rings (SSSR count). The van der Waals surface area contributed by atoms with Crippen LogP contribution in [-0.4, -0.2) is 24.6 Å². The number of hydrogen-bond acceptors (Lipinski definition) is 3. The lowest BCUT2D eigenvalue weighted by molar-refractivity contribution is -0.279. The minimum absolute atomic E-state index is 0.0944. The van der Waals surface area contributed by atoms with Gasteiger partial charge in [0.25, 0.3) is 6.36 Å². The zero-order valence-electron chi connectivity index (χ0n) is 19.3. The van der Waals surface area contributed by atoms with Gasteiger partial charge in [0.1, 0.15) is 5.75 Å². The van der Waals surface area contributed by atoms with Crippen LogP contribution in [0.15, 0.2) is 36.9 Å². The van der Waals surface area contributed by atoms with E-state index in [4.69, 9.17) is 11.2 Å². The van der Waals surface area contributed by atoms with Gasteiger partial charge in [0.15, 0.2) is 0 Å². The number of ether oxygens (including phenoxy) is 2. The Bertz CT molecular complexity index is 855. The van der Waals surface area contributed by atoms with E-state index >= 15 is 0 Å². The lowest BCUT2D eigenvalue weighted by atomic mass is 9.69. The van der Waals surface area contributed by atoms with Crippen molar-refractivity contribution in [3.63, 3.8) is 0 Å². The maximum atomic E-state index is 13.2. The molecule has 0 N–H and O–H groups in total. The number of halogens is 4. The summed E-state index contributed by atoms with van der Waals surface area (Å²) in [6, 6.07) is 6.99. The molecule has 0 bridgehead atoms. The first-order valence-electron chi connectivity index (χ1n) is 11.9. The summed E-state index contributed by atoms with van der Waals surface area (Å²) in [5, 5.41) is 0. The third kappa shape index (κ3) is 6.63. The SMILES string of the molecule is C#CC1(c2ccc(OC(=O)C3CCC(CCC=C)CC3)cc2)CCC(OC(F)C(F)(F)F)CC1. The Morgan fingerprint density at radius 3 is 2.29 bits per heavy atom. The summed E-state index contributed by atoms with van der Waals surface area (Å²) < 4.78 is 60.6. The Kier molecular flexibility index (Phi) is 8.81. The Labute approximate surface area is 198 Å². The Morgan fingerprint density at radius 2 is 1.76 bits per heavy atom. The molecule has 2 aliphatic carbocycles. The van der Waals surface area contributed by atoms with Crippen molar-refractivity contribution in [3.05, 3.63) is 42.5 Å². The van der Waals surface area contributed by atoms with Crippen LogP contribution in [-0.2, 0) is 14.9 Å². The number of carbonyl (C=O) groups excluding carboxylic acids is 1. The zero-order valence-corrected chi connectivity index (χ0v) is 19.3. The zero-order chi connectivity index (χ0) is 24.8. The molecule has 3 nitrogen and oxygen atoms in total. The van der Waals surface area contributed by atoms with Gasteiger partial charge in [0, 0.05) is 0 Å². The van der Waals surface area contributed by atoms with Crippen LogP contribution in [0.2, 0.25) is 0 Å². The maximum absolute atomic E-state index is 13.2. The van der Waals surface area contributed by atoms with Gasteiger partial charge in [-0.3, -0.25) is 4.79 Å². The molecule has 7 heteroatoms. The first-order chi connectivity index (χ1) is 16.2. The predicted molar refractivity (Wildman–Crippen MR) is 122 cm³/mol. The third-order valence-corrected chi connectivity index (χ3v) is 7.22. The first-order valence-corrected chi connectivity index (χ1v) is 11.9. The fraction of sp³-hybridized carbons (Fsp3) is 0.593. The van der Waals surface area contributed by atoms with Gasteiger partial charge in [-0.25, -0.2) is 4.39 Å². The summed E-state index contributed by atoms with van der Waals surface area (Å²) in [6.07, 6.45) is 5.64. The molecule has 2 aliphatic rings. The summed E-state index contributed by atoms with van der Waals surface area (Å²) in [5.74, 6) is 3.56. The van der Waals surface area contributed by atoms with Crippen LogP contribution < -0.4 is 4.74 Å². The van der Waals surface area contributed by atoms with Crippen molar-refractivity contribution in [1.82, 2.24) is 0 Å². The molecule has 34 heavy (non-hydrogen) atoms. The lowest BCUT2D eigenvalue weighted by Crippen LogP contribution is -2.37. The fourth-order valence-corrected chi connectivity index (χ4v) is 5.06. The number of benzene rings is 1. The quantitative estimate of drug-likeness (QED) is 0.131. The number of allylic oxidation sites excluding steroid dienone is 1. The van der Waals surface area contributed by atoms with E-state index in [1.165, 1.54) is 0 Å². The Balaban J connectivity index is 1.53. The van der Waals surface area contributed by atoms with Crippen LogP contribution in [0.25, 0.3) is 0 Å². The monoisotopic (exact) mass is 480 g/mol. The van der Waals surface area contributed by atoms with Gasteiger partial charge < -0.3 is 9.47 Å². The topological polar surface area (TPSA) is 35.5 Å². The van der Waals surface area contributed by atoms with Gasteiger partial charge in [0.05, 0.1) is 17.4 Å². The second-order valence-corrected chi connectivity index (χ2v) is 9.45. The van der Waals surface area contributed by atoms with Crippen LogP contribution in [0.3, 0.4) is 0 Å². The fourth-order valence-electron chi connectivity index (χ4n) is 5.06. The highest BCUT2D eigenvalue weighted by Gasteiger charge is 2.44. The van der Waals surface area contributed by atoms with Crippen LogP contribution in [0.1, 0.15) is 69.8 Å². The van der Waals surface area contributed by atoms with Crippen molar-refractivity contribution >= 4 is 5.97 Å². The van der Waals surface area contributed by atoms with Crippen molar-refractivity contribution in [2.45, 2.75) is 88.3 Å². The molecule has 0 aliphatic heterocycles. The molecule has 1 aromatic carbocycles. The molecule has 1 atom stereocenters. The number of hydrogen-bond donors (Lipinski definition) is 0. The molecule has 0 radical (unpaired) electrons. The number of rotatable bonds is 8. The summed E-state index contributed by atoms with van der Waals surface area (Å²) >= 11 is 0. The molecule has 0 amide bonds. The molecule has 2 saturated carbocycles. The van der Waals surface area contributed by atoms with Gasteiger partial charge >= 0.3 is 12.1 Å². The standard InChI is InChI=1S/C27H32F4O3/c1-3-5-6-19-7-9-20(10-8-19)24(32)33-22-13-11-21(12-14-22)26(4-2)17-15-23(16-18-26)34-25(28)27(29,30)31/h2-3,11-14,19-20,23,25H,1,5-10,15-18H2. The minimum Gasteiger partial charge on any atom is -0.426 e. The lowest BCUT2D eigenvalue weighted by Gasteiger charge is -2.37. The average Bonchev–Trinajstić information content (AvgIpc) is 2.83. The van der Waals surface area contributed by atoms with Crippen molar-refractivity contribution in [1.29, 1.82) is 0 Å². The van der Waals surface area contributed by atoms with Gasteiger partial charge in [-0.1, -0.05) is 24.1 Å². The van der Waals surface area contributed by atoms with E-state index in [1.807, 2.05) is 6.08 Å². The minimum atomic E-state index is -5.03. The highest BCUT2D eigenvalue weighted by atomic mass is 19.4. The molecular weight excluding hydrogens is 448 g/mol. The number of carbonyl (C=O) groups is 1. The highest BCUT2D eigenvalue weighted by molar-refractivity contribution is 5.75. The largest absolute Gasteiger partial charge is 0.445 e. The van der Waals surface area contributed by atoms with E-state index in [0.29, 0.717) is 24.5 Å². The first kappa shape index (κ1) is 26.3. The van der Waals surface area contributed by atoms with Crippen LogP contribution in [0.5, 0.6) is 5.75 Å². The van der Waals surface area contributed by atoms with Crippen molar-refractivity contribution in [2.75, 3.05) is 0 Å². The van der Waals surface area contributed by atoms with E-state index in [2.05, 4.69) is 17.2 Å². The van der Waals surface area contributed by atoms with Crippen molar-refractivity contribution < 1.29 is 31.8 Å². The van der Waals surface area contributed by atoms with E-state index in [-0.39, 0.29) is 24.7 Å². The normalized spacial score (nSPS) is 28.5. The van der Waals surface area contributed by atoms with Crippen LogP contribution in [0, 0.1) is 24.2 Å². The third-order valence-electron chi connectivity index (χ3n) is 7.22. The van der Waals surface area contributed by atoms with Gasteiger partial charge in [-0.05, 0) is 87.8 Å². The second-order valence-electron chi connectivity index (χ2n) is 9.45. The molecule has 1 aromatic rings. The van der Waals surface area contributed by atoms with Crippen LogP contribution >= 0.6 is 0 Å². The molecule has 2 fully saturated rings. The predicted octanol–water partition coefficient (Wildman–Crippen LogP) is 7.05. The molecule has 0 aromatic heterocycles. The molecule has 0 spiro atoms. The van der Waals surface area contributed by atoms with Crippen molar-refractivity contribution in [2.24, 2.45) is 11.8 Å². The average molecular weight is 481 g/mol. The molecule has 186 valence electrons. The molecule has 1 unspecified atom stereocenters. The highest BCUT2D eigenvalue weighted by Crippen LogP contribution is 2.41. The number of esters is 1. The number of terminal acetylenes is 1.